The van der Waals surface area contributed by atoms with Crippen molar-refractivity contribution in [3.05, 3.63) is 28.6 Å². The van der Waals surface area contributed by atoms with Crippen molar-refractivity contribution in [3.8, 4) is 6.07 Å². The summed E-state index contributed by atoms with van der Waals surface area (Å²) in [5, 5.41) is 8.41. The van der Waals surface area contributed by atoms with Crippen molar-refractivity contribution < 1.29 is 22.0 Å². The fourth-order valence-corrected chi connectivity index (χ4v) is 1.44. The maximum absolute atomic E-state index is 12.6. The monoisotopic (exact) mass is 250 g/mol. The number of hydrogen-bond donors (Lipinski definition) is 0. The highest BCUT2D eigenvalue weighted by Gasteiger charge is 2.39. The van der Waals surface area contributed by atoms with Gasteiger partial charge in [0.25, 0.3) is 6.43 Å². The van der Waals surface area contributed by atoms with Crippen LogP contribution in [0.3, 0.4) is 0 Å². The molecule has 1 heterocycles. The number of pyridine rings is 1. The van der Waals surface area contributed by atoms with Crippen LogP contribution in [0.25, 0.3) is 0 Å². The van der Waals surface area contributed by atoms with E-state index >= 15 is 0 Å². The van der Waals surface area contributed by atoms with Gasteiger partial charge in [0, 0.05) is 5.69 Å². The number of halogens is 5. The third-order valence-corrected chi connectivity index (χ3v) is 2.03. The van der Waals surface area contributed by atoms with Gasteiger partial charge in [0.05, 0.1) is 18.1 Å². The largest absolute Gasteiger partial charge is 0.433 e. The fraction of sp³-hybridized carbons (Fsp3) is 0.400. The molecule has 1 aromatic heterocycles. The molecule has 0 aliphatic heterocycles. The molecule has 17 heavy (non-hydrogen) atoms. The molecule has 1 aromatic rings. The summed E-state index contributed by atoms with van der Waals surface area (Å²) in [6, 6.07) is 2.63. The van der Waals surface area contributed by atoms with E-state index in [4.69, 9.17) is 5.26 Å². The van der Waals surface area contributed by atoms with Crippen LogP contribution in [0.15, 0.2) is 6.07 Å². The van der Waals surface area contributed by atoms with E-state index in [1.807, 2.05) is 0 Å². The molecule has 0 spiro atoms. The Kier molecular flexibility index (Phi) is 3.66. The predicted molar refractivity (Wildman–Crippen MR) is 48.3 cm³/mol. The van der Waals surface area contributed by atoms with Crippen molar-refractivity contribution >= 4 is 0 Å². The molecule has 0 unspecified atom stereocenters. The van der Waals surface area contributed by atoms with Crippen LogP contribution >= 0.6 is 0 Å². The van der Waals surface area contributed by atoms with Gasteiger partial charge in [-0.05, 0) is 18.6 Å². The van der Waals surface area contributed by atoms with Crippen LogP contribution in [0.4, 0.5) is 22.0 Å². The first-order valence-corrected chi connectivity index (χ1v) is 4.50. The van der Waals surface area contributed by atoms with Gasteiger partial charge in [-0.1, -0.05) is 0 Å². The Labute approximate surface area is 93.7 Å². The standard InChI is InChI=1S/C10H7F5N2/c1-5-4-6(2-3-16)7(9(11)12)8(17-5)10(13,14)15/h4,9H,2H2,1H3. The number of aromatic nitrogens is 1. The number of nitrogens with zero attached hydrogens (tertiary/aromatic N) is 2. The Morgan fingerprint density at radius 2 is 2.00 bits per heavy atom. The number of rotatable bonds is 2. The van der Waals surface area contributed by atoms with Crippen molar-refractivity contribution in [2.45, 2.75) is 25.9 Å². The highest BCUT2D eigenvalue weighted by molar-refractivity contribution is 5.36. The highest BCUT2D eigenvalue weighted by atomic mass is 19.4. The summed E-state index contributed by atoms with van der Waals surface area (Å²) in [4.78, 5) is 3.09. The van der Waals surface area contributed by atoms with Crippen LogP contribution in [0.2, 0.25) is 0 Å². The van der Waals surface area contributed by atoms with E-state index in [-0.39, 0.29) is 11.3 Å². The van der Waals surface area contributed by atoms with E-state index in [0.29, 0.717) is 0 Å². The SMILES string of the molecule is Cc1cc(CC#N)c(C(F)F)c(C(F)(F)F)n1. The number of nitriles is 1. The molecule has 0 aliphatic rings. The molecule has 0 aromatic carbocycles. The summed E-state index contributed by atoms with van der Waals surface area (Å²) in [5.41, 5.74) is -3.20. The van der Waals surface area contributed by atoms with Crippen LogP contribution < -0.4 is 0 Å². The molecular formula is C10H7F5N2. The molecule has 0 saturated carbocycles. The molecule has 0 saturated heterocycles. The van der Waals surface area contributed by atoms with Gasteiger partial charge in [-0.15, -0.1) is 0 Å². The quantitative estimate of drug-likeness (QED) is 0.754. The van der Waals surface area contributed by atoms with E-state index in [0.717, 1.165) is 6.07 Å². The third-order valence-electron chi connectivity index (χ3n) is 2.03. The van der Waals surface area contributed by atoms with Crippen LogP contribution in [0.1, 0.15) is 28.9 Å². The molecule has 2 nitrogen and oxygen atoms in total. The van der Waals surface area contributed by atoms with Crippen LogP contribution in [0.5, 0.6) is 0 Å². The zero-order valence-corrected chi connectivity index (χ0v) is 8.65. The van der Waals surface area contributed by atoms with Gasteiger partial charge < -0.3 is 0 Å². The lowest BCUT2D eigenvalue weighted by Gasteiger charge is -2.15. The van der Waals surface area contributed by atoms with Crippen LogP contribution in [-0.4, -0.2) is 4.98 Å². The van der Waals surface area contributed by atoms with E-state index in [9.17, 15) is 22.0 Å². The smallest absolute Gasteiger partial charge is 0.248 e. The molecule has 0 atom stereocenters. The first kappa shape index (κ1) is 13.4. The Hall–Kier alpha value is -1.71. The summed E-state index contributed by atoms with van der Waals surface area (Å²) in [6.45, 7) is 1.26. The first-order chi connectivity index (χ1) is 7.77. The number of aryl methyl sites for hydroxylation is 1. The normalized spacial score (nSPS) is 11.6. The van der Waals surface area contributed by atoms with Gasteiger partial charge in [-0.2, -0.15) is 18.4 Å². The van der Waals surface area contributed by atoms with Crippen molar-refractivity contribution in [1.29, 1.82) is 5.26 Å². The van der Waals surface area contributed by atoms with Crippen molar-refractivity contribution in [1.82, 2.24) is 4.98 Å². The first-order valence-electron chi connectivity index (χ1n) is 4.50. The second kappa shape index (κ2) is 4.65. The fourth-order valence-electron chi connectivity index (χ4n) is 1.44. The maximum Gasteiger partial charge on any atom is 0.433 e. The van der Waals surface area contributed by atoms with Crippen molar-refractivity contribution in [3.63, 3.8) is 0 Å². The number of hydrogen-bond acceptors (Lipinski definition) is 2. The minimum atomic E-state index is -4.96. The van der Waals surface area contributed by atoms with Gasteiger partial charge in [-0.25, -0.2) is 13.8 Å². The summed E-state index contributed by atoms with van der Waals surface area (Å²) in [6.07, 6.45) is -8.78. The Morgan fingerprint density at radius 3 is 2.41 bits per heavy atom. The summed E-state index contributed by atoms with van der Waals surface area (Å²) < 4.78 is 62.8. The van der Waals surface area contributed by atoms with Crippen LogP contribution in [0, 0.1) is 18.3 Å². The van der Waals surface area contributed by atoms with E-state index in [1.54, 1.807) is 6.07 Å². The average molecular weight is 250 g/mol. The lowest BCUT2D eigenvalue weighted by atomic mass is 10.0. The van der Waals surface area contributed by atoms with Crippen molar-refractivity contribution in [2.24, 2.45) is 0 Å². The molecule has 0 bridgehead atoms. The third kappa shape index (κ3) is 2.90. The summed E-state index contributed by atoms with van der Waals surface area (Å²) in [7, 11) is 0. The van der Waals surface area contributed by atoms with Gasteiger partial charge in [0.1, 0.15) is 0 Å². The van der Waals surface area contributed by atoms with Gasteiger partial charge in [0.2, 0.25) is 0 Å². The maximum atomic E-state index is 12.6. The minimum absolute atomic E-state index is 0.0491. The molecule has 0 aliphatic carbocycles. The van der Waals surface area contributed by atoms with Gasteiger partial charge >= 0.3 is 6.18 Å². The molecule has 0 amide bonds. The molecule has 92 valence electrons. The molecule has 0 radical (unpaired) electrons. The lowest BCUT2D eigenvalue weighted by molar-refractivity contribution is -0.143. The Balaban J connectivity index is 3.53. The van der Waals surface area contributed by atoms with E-state index in [1.165, 1.54) is 6.92 Å². The van der Waals surface area contributed by atoms with E-state index in [2.05, 4.69) is 4.98 Å². The zero-order valence-electron chi connectivity index (χ0n) is 8.65. The van der Waals surface area contributed by atoms with E-state index < -0.39 is 30.3 Å². The number of alkyl halides is 5. The summed E-state index contributed by atoms with van der Waals surface area (Å²) in [5.74, 6) is 0. The Morgan fingerprint density at radius 1 is 1.41 bits per heavy atom. The molecule has 0 N–H and O–H groups in total. The zero-order chi connectivity index (χ0) is 13.2. The molecular weight excluding hydrogens is 243 g/mol. The molecule has 0 fully saturated rings. The Bertz CT molecular complexity index is 459. The highest BCUT2D eigenvalue weighted by Crippen LogP contribution is 2.37. The van der Waals surface area contributed by atoms with Gasteiger partial charge in [0.15, 0.2) is 5.69 Å². The predicted octanol–water partition coefficient (Wildman–Crippen LogP) is 3.41. The molecule has 1 rings (SSSR count). The average Bonchev–Trinajstić information content (AvgIpc) is 2.15. The second-order valence-electron chi connectivity index (χ2n) is 3.32. The minimum Gasteiger partial charge on any atom is -0.248 e. The molecule has 7 heteroatoms. The summed E-state index contributed by atoms with van der Waals surface area (Å²) >= 11 is 0. The second-order valence-corrected chi connectivity index (χ2v) is 3.32. The van der Waals surface area contributed by atoms with Gasteiger partial charge in [-0.3, -0.25) is 0 Å². The lowest BCUT2D eigenvalue weighted by Crippen LogP contribution is -2.15. The topological polar surface area (TPSA) is 36.7 Å². The van der Waals surface area contributed by atoms with Crippen molar-refractivity contribution in [2.75, 3.05) is 0 Å². The van der Waals surface area contributed by atoms with Crippen LogP contribution in [-0.2, 0) is 12.6 Å².